The summed E-state index contributed by atoms with van der Waals surface area (Å²) in [7, 11) is 0. The van der Waals surface area contributed by atoms with E-state index in [2.05, 4.69) is 15.0 Å². The third-order valence-electron chi connectivity index (χ3n) is 3.05. The van der Waals surface area contributed by atoms with Gasteiger partial charge in [-0.3, -0.25) is 0 Å². The molecule has 2 aromatic heterocycles. The molecular weight excluding hydrogens is 341 g/mol. The predicted octanol–water partition coefficient (Wildman–Crippen LogP) is 5.47. The SMILES string of the molecule is Cc1cc(-c2ccc(Cl)c(Cl)c2)nc(-c2ccnc(Cl)c2)n1. The number of pyridine rings is 1. The molecule has 0 saturated heterocycles. The molecule has 0 aliphatic carbocycles. The van der Waals surface area contributed by atoms with Crippen LogP contribution in [0.3, 0.4) is 0 Å². The molecule has 0 saturated carbocycles. The van der Waals surface area contributed by atoms with Crippen LogP contribution in [0.25, 0.3) is 22.6 Å². The summed E-state index contributed by atoms with van der Waals surface area (Å²) in [5.74, 6) is 0.588. The monoisotopic (exact) mass is 349 g/mol. The molecule has 110 valence electrons. The van der Waals surface area contributed by atoms with E-state index in [-0.39, 0.29) is 0 Å². The standard InChI is InChI=1S/C16H10Cl3N3/c1-9-6-14(10-2-3-12(17)13(18)7-10)22-16(21-9)11-4-5-20-15(19)8-11/h2-8H,1H3. The Morgan fingerprint density at radius 2 is 1.64 bits per heavy atom. The van der Waals surface area contributed by atoms with Gasteiger partial charge in [-0.05, 0) is 37.3 Å². The summed E-state index contributed by atoms with van der Waals surface area (Å²) < 4.78 is 0. The highest BCUT2D eigenvalue weighted by Gasteiger charge is 2.09. The minimum Gasteiger partial charge on any atom is -0.245 e. The third kappa shape index (κ3) is 3.22. The summed E-state index contributed by atoms with van der Waals surface area (Å²) in [5, 5.41) is 1.40. The van der Waals surface area contributed by atoms with E-state index in [4.69, 9.17) is 34.8 Å². The molecule has 0 spiro atoms. The van der Waals surface area contributed by atoms with Gasteiger partial charge in [0, 0.05) is 23.0 Å². The Hall–Kier alpha value is -1.68. The average molecular weight is 351 g/mol. The first-order chi connectivity index (χ1) is 10.5. The maximum atomic E-state index is 6.08. The van der Waals surface area contributed by atoms with Crippen LogP contribution >= 0.6 is 34.8 Å². The van der Waals surface area contributed by atoms with Gasteiger partial charge in [-0.25, -0.2) is 15.0 Å². The summed E-state index contributed by atoms with van der Waals surface area (Å²) in [6.07, 6.45) is 1.63. The molecule has 0 fully saturated rings. The Balaban J connectivity index is 2.12. The second-order valence-corrected chi connectivity index (χ2v) is 5.92. The van der Waals surface area contributed by atoms with E-state index >= 15 is 0 Å². The van der Waals surface area contributed by atoms with Crippen molar-refractivity contribution in [3.05, 3.63) is 63.5 Å². The second-order valence-electron chi connectivity index (χ2n) is 4.71. The number of rotatable bonds is 2. The Bertz CT molecular complexity index is 850. The third-order valence-corrected chi connectivity index (χ3v) is 4.00. The van der Waals surface area contributed by atoms with Crippen LogP contribution in [0.1, 0.15) is 5.69 Å². The largest absolute Gasteiger partial charge is 0.245 e. The Labute approximate surface area is 142 Å². The molecule has 6 heteroatoms. The van der Waals surface area contributed by atoms with Crippen molar-refractivity contribution in [3.8, 4) is 22.6 Å². The fraction of sp³-hybridized carbons (Fsp3) is 0.0625. The highest BCUT2D eigenvalue weighted by Crippen LogP contribution is 2.29. The fourth-order valence-electron chi connectivity index (χ4n) is 2.04. The van der Waals surface area contributed by atoms with Crippen LogP contribution in [0, 0.1) is 6.92 Å². The summed E-state index contributed by atoms with van der Waals surface area (Å²) in [6, 6.07) is 10.9. The zero-order valence-electron chi connectivity index (χ0n) is 11.5. The van der Waals surface area contributed by atoms with Gasteiger partial charge in [0.25, 0.3) is 0 Å². The lowest BCUT2D eigenvalue weighted by atomic mass is 10.1. The lowest BCUT2D eigenvalue weighted by Crippen LogP contribution is -1.95. The maximum Gasteiger partial charge on any atom is 0.160 e. The van der Waals surface area contributed by atoms with Crippen LogP contribution in [0.15, 0.2) is 42.6 Å². The molecule has 0 aliphatic rings. The van der Waals surface area contributed by atoms with Crippen molar-refractivity contribution < 1.29 is 0 Å². The summed E-state index contributed by atoms with van der Waals surface area (Å²) in [6.45, 7) is 1.91. The smallest absolute Gasteiger partial charge is 0.160 e. The molecule has 3 nitrogen and oxygen atoms in total. The van der Waals surface area contributed by atoms with Gasteiger partial charge < -0.3 is 0 Å². The van der Waals surface area contributed by atoms with Crippen LogP contribution in [0.2, 0.25) is 15.2 Å². The molecule has 3 rings (SSSR count). The molecule has 1 aromatic carbocycles. The number of aryl methyl sites for hydroxylation is 1. The predicted molar refractivity (Wildman–Crippen MR) is 90.5 cm³/mol. The Kier molecular flexibility index (Phi) is 4.30. The molecule has 0 unspecified atom stereocenters. The van der Waals surface area contributed by atoms with Crippen molar-refractivity contribution >= 4 is 34.8 Å². The normalized spacial score (nSPS) is 10.7. The highest BCUT2D eigenvalue weighted by molar-refractivity contribution is 6.42. The molecule has 0 aliphatic heterocycles. The van der Waals surface area contributed by atoms with Crippen molar-refractivity contribution in [3.63, 3.8) is 0 Å². The van der Waals surface area contributed by atoms with Gasteiger partial charge in [0.15, 0.2) is 5.82 Å². The first-order valence-electron chi connectivity index (χ1n) is 6.46. The number of hydrogen-bond donors (Lipinski definition) is 0. The molecule has 22 heavy (non-hydrogen) atoms. The molecule has 0 bridgehead atoms. The first-order valence-corrected chi connectivity index (χ1v) is 7.59. The van der Waals surface area contributed by atoms with E-state index in [1.165, 1.54) is 0 Å². The lowest BCUT2D eigenvalue weighted by molar-refractivity contribution is 1.11. The van der Waals surface area contributed by atoms with Gasteiger partial charge in [0.05, 0.1) is 15.7 Å². The molecule has 3 aromatic rings. The number of aromatic nitrogens is 3. The first kappa shape index (κ1) is 15.2. The van der Waals surface area contributed by atoms with Gasteiger partial charge in [-0.2, -0.15) is 0 Å². The van der Waals surface area contributed by atoms with Crippen molar-refractivity contribution in [2.45, 2.75) is 6.92 Å². The van der Waals surface area contributed by atoms with Gasteiger partial charge in [0.1, 0.15) is 5.15 Å². The van der Waals surface area contributed by atoms with Crippen molar-refractivity contribution in [2.24, 2.45) is 0 Å². The molecular formula is C16H10Cl3N3. The summed E-state index contributed by atoms with van der Waals surface area (Å²) >= 11 is 18.0. The Morgan fingerprint density at radius 1 is 0.818 bits per heavy atom. The van der Waals surface area contributed by atoms with Crippen molar-refractivity contribution in [2.75, 3.05) is 0 Å². The molecule has 0 radical (unpaired) electrons. The average Bonchev–Trinajstić information content (AvgIpc) is 2.49. The van der Waals surface area contributed by atoms with E-state index < -0.39 is 0 Å². The Morgan fingerprint density at radius 3 is 2.36 bits per heavy atom. The number of halogens is 3. The molecule has 2 heterocycles. The summed E-state index contributed by atoms with van der Waals surface area (Å²) in [5.41, 5.74) is 3.30. The van der Waals surface area contributed by atoms with Crippen molar-refractivity contribution in [1.29, 1.82) is 0 Å². The van der Waals surface area contributed by atoms with E-state index in [1.54, 1.807) is 24.4 Å². The van der Waals surface area contributed by atoms with Gasteiger partial charge in [-0.1, -0.05) is 40.9 Å². The van der Waals surface area contributed by atoms with Crippen LogP contribution < -0.4 is 0 Å². The van der Waals surface area contributed by atoms with Crippen LogP contribution in [-0.4, -0.2) is 15.0 Å². The quantitative estimate of drug-likeness (QED) is 0.575. The fourth-order valence-corrected chi connectivity index (χ4v) is 2.51. The van der Waals surface area contributed by atoms with E-state index in [0.717, 1.165) is 22.5 Å². The van der Waals surface area contributed by atoms with E-state index in [9.17, 15) is 0 Å². The number of hydrogen-bond acceptors (Lipinski definition) is 3. The zero-order chi connectivity index (χ0) is 15.7. The minimum atomic E-state index is 0.402. The van der Waals surface area contributed by atoms with Gasteiger partial charge >= 0.3 is 0 Å². The molecule has 0 atom stereocenters. The number of nitrogens with zero attached hydrogens (tertiary/aromatic N) is 3. The minimum absolute atomic E-state index is 0.402. The van der Waals surface area contributed by atoms with E-state index in [0.29, 0.717) is 21.0 Å². The summed E-state index contributed by atoms with van der Waals surface area (Å²) in [4.78, 5) is 13.0. The highest BCUT2D eigenvalue weighted by atomic mass is 35.5. The molecule has 0 amide bonds. The second kappa shape index (κ2) is 6.21. The van der Waals surface area contributed by atoms with Crippen molar-refractivity contribution in [1.82, 2.24) is 15.0 Å². The number of benzene rings is 1. The maximum absolute atomic E-state index is 6.08. The van der Waals surface area contributed by atoms with Crippen LogP contribution in [0.5, 0.6) is 0 Å². The van der Waals surface area contributed by atoms with E-state index in [1.807, 2.05) is 25.1 Å². The molecule has 0 N–H and O–H groups in total. The topological polar surface area (TPSA) is 38.7 Å². The van der Waals surface area contributed by atoms with Gasteiger partial charge in [-0.15, -0.1) is 0 Å². The van der Waals surface area contributed by atoms with Crippen LogP contribution in [0.4, 0.5) is 0 Å². The lowest BCUT2D eigenvalue weighted by Gasteiger charge is -2.07. The van der Waals surface area contributed by atoms with Gasteiger partial charge in [0.2, 0.25) is 0 Å². The zero-order valence-corrected chi connectivity index (χ0v) is 13.8. The van der Waals surface area contributed by atoms with Crippen LogP contribution in [-0.2, 0) is 0 Å².